The third kappa shape index (κ3) is 2.53. The zero-order valence-corrected chi connectivity index (χ0v) is 8.64. The van der Waals surface area contributed by atoms with Gasteiger partial charge in [-0.2, -0.15) is 0 Å². The summed E-state index contributed by atoms with van der Waals surface area (Å²) in [5.74, 6) is 0. The molecular formula is C12H13N3. The number of aromatic nitrogens is 2. The SMILES string of the molecule is Cc1ncccc1NCc1ccncc1. The predicted molar refractivity (Wildman–Crippen MR) is 60.5 cm³/mol. The maximum absolute atomic E-state index is 4.22. The minimum absolute atomic E-state index is 0.801. The minimum atomic E-state index is 0.801. The van der Waals surface area contributed by atoms with Crippen molar-refractivity contribution in [3.05, 3.63) is 54.1 Å². The van der Waals surface area contributed by atoms with Gasteiger partial charge in [0.15, 0.2) is 0 Å². The molecule has 0 aliphatic carbocycles. The van der Waals surface area contributed by atoms with Crippen LogP contribution in [0.2, 0.25) is 0 Å². The number of nitrogens with one attached hydrogen (secondary N) is 1. The molecule has 2 rings (SSSR count). The van der Waals surface area contributed by atoms with Crippen LogP contribution in [0.5, 0.6) is 0 Å². The van der Waals surface area contributed by atoms with Gasteiger partial charge in [0, 0.05) is 25.1 Å². The van der Waals surface area contributed by atoms with Crippen LogP contribution in [0.25, 0.3) is 0 Å². The monoisotopic (exact) mass is 199 g/mol. The van der Waals surface area contributed by atoms with Crippen molar-refractivity contribution in [2.75, 3.05) is 5.32 Å². The zero-order valence-electron chi connectivity index (χ0n) is 8.64. The molecular weight excluding hydrogens is 186 g/mol. The Morgan fingerprint density at radius 1 is 1.13 bits per heavy atom. The van der Waals surface area contributed by atoms with Crippen molar-refractivity contribution in [1.82, 2.24) is 9.97 Å². The summed E-state index contributed by atoms with van der Waals surface area (Å²) in [5.41, 5.74) is 3.31. The van der Waals surface area contributed by atoms with E-state index in [0.29, 0.717) is 0 Å². The summed E-state index contributed by atoms with van der Waals surface area (Å²) in [6, 6.07) is 7.96. The third-order valence-electron chi connectivity index (χ3n) is 2.24. The van der Waals surface area contributed by atoms with Crippen LogP contribution in [-0.4, -0.2) is 9.97 Å². The largest absolute Gasteiger partial charge is 0.380 e. The van der Waals surface area contributed by atoms with Gasteiger partial charge in [0.25, 0.3) is 0 Å². The van der Waals surface area contributed by atoms with E-state index >= 15 is 0 Å². The molecule has 1 N–H and O–H groups in total. The van der Waals surface area contributed by atoms with Crippen molar-refractivity contribution >= 4 is 5.69 Å². The van der Waals surface area contributed by atoms with Crippen molar-refractivity contribution in [3.63, 3.8) is 0 Å². The molecule has 0 bridgehead atoms. The maximum Gasteiger partial charge on any atom is 0.0603 e. The summed E-state index contributed by atoms with van der Waals surface area (Å²) in [4.78, 5) is 8.19. The van der Waals surface area contributed by atoms with Gasteiger partial charge in [-0.3, -0.25) is 9.97 Å². The van der Waals surface area contributed by atoms with Crippen LogP contribution in [0.15, 0.2) is 42.9 Å². The predicted octanol–water partition coefficient (Wildman–Crippen LogP) is 2.40. The van der Waals surface area contributed by atoms with Crippen molar-refractivity contribution in [2.45, 2.75) is 13.5 Å². The fraction of sp³-hybridized carbons (Fsp3) is 0.167. The Labute approximate surface area is 89.2 Å². The third-order valence-corrected chi connectivity index (χ3v) is 2.24. The second-order valence-corrected chi connectivity index (χ2v) is 3.35. The van der Waals surface area contributed by atoms with Gasteiger partial charge < -0.3 is 5.32 Å². The lowest BCUT2D eigenvalue weighted by Crippen LogP contribution is -2.01. The summed E-state index contributed by atoms with van der Waals surface area (Å²) < 4.78 is 0. The second-order valence-electron chi connectivity index (χ2n) is 3.35. The molecule has 0 fully saturated rings. The van der Waals surface area contributed by atoms with Crippen LogP contribution >= 0.6 is 0 Å². The van der Waals surface area contributed by atoms with Crippen LogP contribution in [0.1, 0.15) is 11.3 Å². The van der Waals surface area contributed by atoms with Gasteiger partial charge in [-0.25, -0.2) is 0 Å². The molecule has 0 spiro atoms. The highest BCUT2D eigenvalue weighted by atomic mass is 14.9. The summed E-state index contributed by atoms with van der Waals surface area (Å²) >= 11 is 0. The van der Waals surface area contributed by atoms with Crippen molar-refractivity contribution in [1.29, 1.82) is 0 Å². The Hall–Kier alpha value is -1.90. The number of pyridine rings is 2. The summed E-state index contributed by atoms with van der Waals surface area (Å²) in [6.07, 6.45) is 5.40. The molecule has 0 amide bonds. The number of rotatable bonds is 3. The Balaban J connectivity index is 2.03. The fourth-order valence-corrected chi connectivity index (χ4v) is 1.37. The maximum atomic E-state index is 4.22. The van der Waals surface area contributed by atoms with Crippen molar-refractivity contribution in [2.24, 2.45) is 0 Å². The van der Waals surface area contributed by atoms with Gasteiger partial charge in [-0.15, -0.1) is 0 Å². The molecule has 3 heteroatoms. The quantitative estimate of drug-likeness (QED) is 0.824. The molecule has 2 heterocycles. The molecule has 2 aromatic heterocycles. The van der Waals surface area contributed by atoms with Crippen LogP contribution in [-0.2, 0) is 6.54 Å². The smallest absolute Gasteiger partial charge is 0.0603 e. The molecule has 15 heavy (non-hydrogen) atoms. The van der Waals surface area contributed by atoms with Gasteiger partial charge in [0.1, 0.15) is 0 Å². The molecule has 0 saturated heterocycles. The Morgan fingerprint density at radius 2 is 1.93 bits per heavy atom. The van der Waals surface area contributed by atoms with Gasteiger partial charge in [0.2, 0.25) is 0 Å². The van der Waals surface area contributed by atoms with E-state index in [0.717, 1.165) is 17.9 Å². The average Bonchev–Trinajstić information content (AvgIpc) is 2.29. The standard InChI is InChI=1S/C12H13N3/c1-10-12(3-2-6-14-10)15-9-11-4-7-13-8-5-11/h2-8,15H,9H2,1H3. The lowest BCUT2D eigenvalue weighted by atomic mass is 10.2. The molecule has 3 nitrogen and oxygen atoms in total. The first-order valence-electron chi connectivity index (χ1n) is 4.90. The average molecular weight is 199 g/mol. The molecule has 0 radical (unpaired) electrons. The first-order valence-corrected chi connectivity index (χ1v) is 4.90. The highest BCUT2D eigenvalue weighted by Crippen LogP contribution is 2.11. The van der Waals surface area contributed by atoms with Crippen molar-refractivity contribution < 1.29 is 0 Å². The zero-order chi connectivity index (χ0) is 10.5. The minimum Gasteiger partial charge on any atom is -0.380 e. The van der Waals surface area contributed by atoms with E-state index in [2.05, 4.69) is 15.3 Å². The number of hydrogen-bond donors (Lipinski definition) is 1. The number of hydrogen-bond acceptors (Lipinski definition) is 3. The fourth-order valence-electron chi connectivity index (χ4n) is 1.37. The topological polar surface area (TPSA) is 37.8 Å². The second kappa shape index (κ2) is 4.55. The highest BCUT2D eigenvalue weighted by Gasteiger charge is 1.96. The molecule has 2 aromatic rings. The summed E-state index contributed by atoms with van der Waals surface area (Å²) in [6.45, 7) is 2.80. The van der Waals surface area contributed by atoms with Gasteiger partial charge in [0.05, 0.1) is 11.4 Å². The van der Waals surface area contributed by atoms with Crippen LogP contribution < -0.4 is 5.32 Å². The van der Waals surface area contributed by atoms with E-state index in [1.807, 2.05) is 31.2 Å². The Morgan fingerprint density at radius 3 is 2.67 bits per heavy atom. The molecule has 0 aliphatic heterocycles. The molecule has 0 atom stereocenters. The van der Waals surface area contributed by atoms with Gasteiger partial charge in [-0.1, -0.05) is 0 Å². The summed E-state index contributed by atoms with van der Waals surface area (Å²) in [5, 5.41) is 3.34. The number of anilines is 1. The van der Waals surface area contributed by atoms with Gasteiger partial charge in [-0.05, 0) is 36.8 Å². The Kier molecular flexibility index (Phi) is 2.93. The van der Waals surface area contributed by atoms with E-state index in [-0.39, 0.29) is 0 Å². The lowest BCUT2D eigenvalue weighted by Gasteiger charge is -2.07. The van der Waals surface area contributed by atoms with Crippen LogP contribution in [0.4, 0.5) is 5.69 Å². The Bertz CT molecular complexity index is 426. The lowest BCUT2D eigenvalue weighted by molar-refractivity contribution is 1.10. The van der Waals surface area contributed by atoms with Crippen LogP contribution in [0, 0.1) is 6.92 Å². The van der Waals surface area contributed by atoms with Crippen molar-refractivity contribution in [3.8, 4) is 0 Å². The summed E-state index contributed by atoms with van der Waals surface area (Å²) in [7, 11) is 0. The van der Waals surface area contributed by atoms with E-state index < -0.39 is 0 Å². The first-order chi connectivity index (χ1) is 7.36. The molecule has 0 aromatic carbocycles. The molecule has 0 saturated carbocycles. The van der Waals surface area contributed by atoms with E-state index in [1.54, 1.807) is 18.6 Å². The van der Waals surface area contributed by atoms with Gasteiger partial charge >= 0.3 is 0 Å². The van der Waals surface area contributed by atoms with E-state index in [1.165, 1.54) is 5.56 Å². The number of aryl methyl sites for hydroxylation is 1. The molecule has 0 unspecified atom stereocenters. The number of nitrogens with zero attached hydrogens (tertiary/aromatic N) is 2. The molecule has 0 aliphatic rings. The molecule has 76 valence electrons. The van der Waals surface area contributed by atoms with E-state index in [9.17, 15) is 0 Å². The van der Waals surface area contributed by atoms with E-state index in [4.69, 9.17) is 0 Å². The highest BCUT2D eigenvalue weighted by molar-refractivity contribution is 5.46. The normalized spacial score (nSPS) is 9.93. The first kappa shape index (κ1) is 9.65. The van der Waals surface area contributed by atoms with Crippen LogP contribution in [0.3, 0.4) is 0 Å².